The monoisotopic (exact) mass is 290 g/mol. The third kappa shape index (κ3) is 3.37. The molecule has 0 aromatic heterocycles. The zero-order valence-electron chi connectivity index (χ0n) is 11.8. The molecule has 0 radical (unpaired) electrons. The molecule has 2 aromatic carbocycles. The Morgan fingerprint density at radius 1 is 1.05 bits per heavy atom. The maximum Gasteiger partial charge on any atom is 0.251 e. The molecule has 0 bridgehead atoms. The van der Waals surface area contributed by atoms with Crippen molar-refractivity contribution in [1.29, 1.82) is 0 Å². The van der Waals surface area contributed by atoms with Gasteiger partial charge >= 0.3 is 0 Å². The molecular weight excluding hydrogens is 274 g/mol. The van der Waals surface area contributed by atoms with E-state index < -0.39 is 17.7 Å². The fourth-order valence-electron chi connectivity index (χ4n) is 2.11. The summed E-state index contributed by atoms with van der Waals surface area (Å²) in [7, 11) is 1.55. The Morgan fingerprint density at radius 2 is 1.62 bits per heavy atom. The van der Waals surface area contributed by atoms with Gasteiger partial charge in [-0.05, 0) is 43.3 Å². The molecule has 5 heteroatoms. The largest absolute Gasteiger partial charge is 0.378 e. The SMILES string of the molecule is CNC(=O)c1ccc(NC(C)c2c(F)cccc2F)cc1. The highest BCUT2D eigenvalue weighted by molar-refractivity contribution is 5.94. The molecule has 1 amide bonds. The van der Waals surface area contributed by atoms with Gasteiger partial charge in [-0.3, -0.25) is 4.79 Å². The first kappa shape index (κ1) is 15.0. The predicted molar refractivity (Wildman–Crippen MR) is 78.2 cm³/mol. The van der Waals surface area contributed by atoms with Gasteiger partial charge in [-0.1, -0.05) is 6.07 Å². The van der Waals surface area contributed by atoms with E-state index in [2.05, 4.69) is 10.6 Å². The first-order valence-electron chi connectivity index (χ1n) is 6.55. The van der Waals surface area contributed by atoms with Gasteiger partial charge in [0, 0.05) is 23.9 Å². The second-order valence-electron chi connectivity index (χ2n) is 4.66. The summed E-state index contributed by atoms with van der Waals surface area (Å²) in [6, 6.07) is 9.93. The molecule has 0 fully saturated rings. The number of rotatable bonds is 4. The Hall–Kier alpha value is -2.43. The minimum absolute atomic E-state index is 0.00659. The maximum atomic E-state index is 13.7. The first-order chi connectivity index (χ1) is 10.0. The van der Waals surface area contributed by atoms with Crippen molar-refractivity contribution in [2.75, 3.05) is 12.4 Å². The second-order valence-corrected chi connectivity index (χ2v) is 4.66. The lowest BCUT2D eigenvalue weighted by atomic mass is 10.1. The number of hydrogen-bond donors (Lipinski definition) is 2. The van der Waals surface area contributed by atoms with Crippen molar-refractivity contribution in [3.8, 4) is 0 Å². The molecular formula is C16H16F2N2O. The Morgan fingerprint density at radius 3 is 2.14 bits per heavy atom. The minimum atomic E-state index is -0.586. The Bertz CT molecular complexity index is 621. The van der Waals surface area contributed by atoms with Crippen LogP contribution in [0.4, 0.5) is 14.5 Å². The summed E-state index contributed by atoms with van der Waals surface area (Å²) in [4.78, 5) is 11.4. The van der Waals surface area contributed by atoms with Crippen LogP contribution in [0.1, 0.15) is 28.9 Å². The van der Waals surface area contributed by atoms with Crippen LogP contribution in [0, 0.1) is 11.6 Å². The highest BCUT2D eigenvalue weighted by Crippen LogP contribution is 2.24. The molecule has 2 N–H and O–H groups in total. The minimum Gasteiger partial charge on any atom is -0.378 e. The van der Waals surface area contributed by atoms with E-state index in [9.17, 15) is 13.6 Å². The zero-order chi connectivity index (χ0) is 15.4. The molecule has 3 nitrogen and oxygen atoms in total. The van der Waals surface area contributed by atoms with Crippen LogP contribution in [0.15, 0.2) is 42.5 Å². The average Bonchev–Trinajstić information content (AvgIpc) is 2.47. The van der Waals surface area contributed by atoms with E-state index in [4.69, 9.17) is 0 Å². The fourth-order valence-corrected chi connectivity index (χ4v) is 2.11. The number of carbonyl (C=O) groups excluding carboxylic acids is 1. The van der Waals surface area contributed by atoms with Crippen LogP contribution in [0.25, 0.3) is 0 Å². The van der Waals surface area contributed by atoms with Crippen LogP contribution in [-0.4, -0.2) is 13.0 Å². The molecule has 0 aliphatic rings. The second kappa shape index (κ2) is 6.35. The van der Waals surface area contributed by atoms with Gasteiger partial charge in [-0.15, -0.1) is 0 Å². The average molecular weight is 290 g/mol. The molecule has 1 atom stereocenters. The maximum absolute atomic E-state index is 13.7. The van der Waals surface area contributed by atoms with Crippen LogP contribution >= 0.6 is 0 Å². The number of halogens is 2. The number of nitrogens with one attached hydrogen (secondary N) is 2. The van der Waals surface area contributed by atoms with Crippen LogP contribution in [-0.2, 0) is 0 Å². The third-order valence-electron chi connectivity index (χ3n) is 3.19. The van der Waals surface area contributed by atoms with Crippen molar-refractivity contribution in [2.24, 2.45) is 0 Å². The molecule has 2 aromatic rings. The molecule has 1 unspecified atom stereocenters. The lowest BCUT2D eigenvalue weighted by Gasteiger charge is -2.17. The highest BCUT2D eigenvalue weighted by Gasteiger charge is 2.15. The summed E-state index contributed by atoms with van der Waals surface area (Å²) < 4.78 is 27.4. The highest BCUT2D eigenvalue weighted by atomic mass is 19.1. The Kier molecular flexibility index (Phi) is 4.52. The van der Waals surface area contributed by atoms with Gasteiger partial charge in [0.25, 0.3) is 5.91 Å². The normalized spacial score (nSPS) is 11.8. The summed E-state index contributed by atoms with van der Waals surface area (Å²) in [5, 5.41) is 5.54. The van der Waals surface area contributed by atoms with E-state index in [1.807, 2.05) is 0 Å². The van der Waals surface area contributed by atoms with Crippen LogP contribution < -0.4 is 10.6 Å². The quantitative estimate of drug-likeness (QED) is 0.905. The first-order valence-corrected chi connectivity index (χ1v) is 6.55. The predicted octanol–water partition coefficient (Wildman–Crippen LogP) is 3.50. The summed E-state index contributed by atoms with van der Waals surface area (Å²) in [5.41, 5.74) is 1.19. The molecule has 21 heavy (non-hydrogen) atoms. The Labute approximate surface area is 122 Å². The topological polar surface area (TPSA) is 41.1 Å². The smallest absolute Gasteiger partial charge is 0.251 e. The van der Waals surface area contributed by atoms with Crippen LogP contribution in [0.2, 0.25) is 0 Å². The lowest BCUT2D eigenvalue weighted by Crippen LogP contribution is -2.17. The number of amides is 1. The van der Waals surface area contributed by atoms with Crippen molar-refractivity contribution >= 4 is 11.6 Å². The van der Waals surface area contributed by atoms with E-state index in [1.165, 1.54) is 18.2 Å². The van der Waals surface area contributed by atoms with Crippen molar-refractivity contribution in [3.63, 3.8) is 0 Å². The molecule has 0 aliphatic heterocycles. The van der Waals surface area contributed by atoms with Gasteiger partial charge in [-0.25, -0.2) is 8.78 Å². The molecule has 0 saturated heterocycles. The molecule has 0 aliphatic carbocycles. The van der Waals surface area contributed by atoms with Gasteiger partial charge in [0.05, 0.1) is 6.04 Å². The standard InChI is InChI=1S/C16H16F2N2O/c1-10(15-13(17)4-3-5-14(15)18)20-12-8-6-11(7-9-12)16(21)19-2/h3-10,20H,1-2H3,(H,19,21). The van der Waals surface area contributed by atoms with Crippen LogP contribution in [0.3, 0.4) is 0 Å². The van der Waals surface area contributed by atoms with Gasteiger partial charge in [-0.2, -0.15) is 0 Å². The summed E-state index contributed by atoms with van der Waals surface area (Å²) in [5.74, 6) is -1.36. The lowest BCUT2D eigenvalue weighted by molar-refractivity contribution is 0.0963. The van der Waals surface area contributed by atoms with Crippen molar-refractivity contribution in [1.82, 2.24) is 5.32 Å². The van der Waals surface area contributed by atoms with Gasteiger partial charge in [0.1, 0.15) is 11.6 Å². The van der Waals surface area contributed by atoms with Crippen molar-refractivity contribution in [2.45, 2.75) is 13.0 Å². The summed E-state index contributed by atoms with van der Waals surface area (Å²) >= 11 is 0. The van der Waals surface area contributed by atoms with Crippen molar-refractivity contribution < 1.29 is 13.6 Å². The molecule has 110 valence electrons. The fraction of sp³-hybridized carbons (Fsp3) is 0.188. The van der Waals surface area contributed by atoms with E-state index in [1.54, 1.807) is 38.2 Å². The summed E-state index contributed by atoms with van der Waals surface area (Å²) in [6.45, 7) is 1.67. The summed E-state index contributed by atoms with van der Waals surface area (Å²) in [6.07, 6.45) is 0. The number of benzene rings is 2. The number of anilines is 1. The molecule has 2 rings (SSSR count). The van der Waals surface area contributed by atoms with E-state index in [-0.39, 0.29) is 11.5 Å². The van der Waals surface area contributed by atoms with Gasteiger partial charge in [0.2, 0.25) is 0 Å². The van der Waals surface area contributed by atoms with Gasteiger partial charge in [0.15, 0.2) is 0 Å². The molecule has 0 heterocycles. The molecule has 0 spiro atoms. The Balaban J connectivity index is 2.16. The van der Waals surface area contributed by atoms with Crippen molar-refractivity contribution in [3.05, 3.63) is 65.2 Å². The number of hydrogen-bond acceptors (Lipinski definition) is 2. The third-order valence-corrected chi connectivity index (χ3v) is 3.19. The zero-order valence-corrected chi connectivity index (χ0v) is 11.8. The van der Waals surface area contributed by atoms with E-state index >= 15 is 0 Å². The van der Waals surface area contributed by atoms with Crippen LogP contribution in [0.5, 0.6) is 0 Å². The number of carbonyl (C=O) groups is 1. The van der Waals surface area contributed by atoms with E-state index in [0.29, 0.717) is 11.3 Å². The van der Waals surface area contributed by atoms with Gasteiger partial charge < -0.3 is 10.6 Å². The molecule has 0 saturated carbocycles. The van der Waals surface area contributed by atoms with E-state index in [0.717, 1.165) is 0 Å².